The number of carbonyl (C=O) groups excluding carboxylic acids is 3. The van der Waals surface area contributed by atoms with Crippen LogP contribution in [0.5, 0.6) is 0 Å². The number of carboxylic acids is 1. The van der Waals surface area contributed by atoms with E-state index in [2.05, 4.69) is 0 Å². The summed E-state index contributed by atoms with van der Waals surface area (Å²) in [5, 5.41) is 46.0. The third-order valence-electron chi connectivity index (χ3n) is 10.1. The van der Waals surface area contributed by atoms with Gasteiger partial charge in [0.25, 0.3) is 0 Å². The highest BCUT2D eigenvalue weighted by atomic mass is 16.6. The van der Waals surface area contributed by atoms with Crippen molar-refractivity contribution >= 4 is 23.9 Å². The molecule has 0 bridgehead atoms. The lowest BCUT2D eigenvalue weighted by atomic mass is 9.40. The topological polar surface area (TPSA) is 177 Å². The number of hydrogen-bond acceptors (Lipinski definition) is 10. The van der Waals surface area contributed by atoms with E-state index in [0.717, 1.165) is 0 Å². The predicted molar refractivity (Wildman–Crippen MR) is 125 cm³/mol. The van der Waals surface area contributed by atoms with Crippen LogP contribution in [0.4, 0.5) is 0 Å². The van der Waals surface area contributed by atoms with Gasteiger partial charge in [0.1, 0.15) is 18.8 Å². The number of fused-ring (bicyclic) bond motifs is 5. The first-order valence-electron chi connectivity index (χ1n) is 12.9. The molecule has 0 aromatic rings. The van der Waals surface area contributed by atoms with E-state index in [-0.39, 0.29) is 44.9 Å². The minimum absolute atomic E-state index is 0.000784. The zero-order valence-corrected chi connectivity index (χ0v) is 21.8. The Morgan fingerprint density at radius 2 is 1.57 bits per heavy atom. The lowest BCUT2D eigenvalue weighted by Crippen LogP contribution is -2.76. The molecule has 4 rings (SSSR count). The van der Waals surface area contributed by atoms with Gasteiger partial charge in [0, 0.05) is 44.9 Å². The number of hydrogen-bond donors (Lipinski definition) is 4. The summed E-state index contributed by atoms with van der Waals surface area (Å²) >= 11 is 0. The van der Waals surface area contributed by atoms with Gasteiger partial charge in [-0.05, 0) is 38.0 Å². The van der Waals surface area contributed by atoms with E-state index in [1.165, 1.54) is 20.8 Å². The zero-order valence-electron chi connectivity index (χ0n) is 21.8. The molecule has 0 spiro atoms. The van der Waals surface area contributed by atoms with Crippen LogP contribution in [0.2, 0.25) is 0 Å². The number of rotatable bonds is 5. The number of aliphatic hydroxyl groups is 3. The molecule has 0 saturated heterocycles. The Balaban J connectivity index is 1.88. The minimum atomic E-state index is -1.69. The second-order valence-electron chi connectivity index (χ2n) is 11.8. The largest absolute Gasteiger partial charge is 0.481 e. The highest BCUT2D eigenvalue weighted by molar-refractivity contribution is 5.72. The number of aliphatic carboxylic acids is 1. The molecule has 0 unspecified atom stereocenters. The number of ether oxygens (including phenoxy) is 3. The van der Waals surface area contributed by atoms with Gasteiger partial charge in [0.2, 0.25) is 0 Å². The molecule has 0 aromatic heterocycles. The zero-order chi connectivity index (χ0) is 27.6. The number of carboxylic acid groups (broad SMARTS) is 1. The maximum atomic E-state index is 12.3. The van der Waals surface area contributed by atoms with Crippen LogP contribution >= 0.6 is 0 Å². The minimum Gasteiger partial charge on any atom is -0.481 e. The average Bonchev–Trinajstić information content (AvgIpc) is 3.02. The van der Waals surface area contributed by atoms with E-state index in [0.29, 0.717) is 0 Å². The molecule has 4 aliphatic rings. The predicted octanol–water partition coefficient (Wildman–Crippen LogP) is 0.947. The van der Waals surface area contributed by atoms with E-state index in [1.54, 1.807) is 6.92 Å². The van der Waals surface area contributed by atoms with Crippen LogP contribution in [-0.2, 0) is 33.4 Å². The summed E-state index contributed by atoms with van der Waals surface area (Å²) in [4.78, 5) is 48.1. The first-order chi connectivity index (χ1) is 17.1. The molecule has 0 amide bonds. The highest BCUT2D eigenvalue weighted by Gasteiger charge is 2.77. The number of carbonyl (C=O) groups is 4. The molecule has 11 nitrogen and oxygen atoms in total. The van der Waals surface area contributed by atoms with E-state index >= 15 is 0 Å². The second-order valence-corrected chi connectivity index (χ2v) is 11.8. The lowest BCUT2D eigenvalue weighted by molar-refractivity contribution is -0.319. The van der Waals surface area contributed by atoms with E-state index < -0.39 is 88.6 Å². The SMILES string of the molecule is CC(=O)OC[C@@]12[C@@H]3[C@@H](CC[C@@]1(O)C[C@@H](OC(C)=O)C[C@@H]2O)[C@]1(O)CC[C@H](C(=O)O)[C@@]1(C)C[C@H]3OC(C)=O. The third kappa shape index (κ3) is 4.04. The van der Waals surface area contributed by atoms with Crippen molar-refractivity contribution in [3.05, 3.63) is 0 Å². The van der Waals surface area contributed by atoms with Gasteiger partial charge in [-0.25, -0.2) is 0 Å². The van der Waals surface area contributed by atoms with E-state index in [4.69, 9.17) is 14.2 Å². The van der Waals surface area contributed by atoms with Crippen molar-refractivity contribution in [2.45, 2.75) is 102 Å². The standard InChI is InChI=1S/C26H38O11/c1-13(27)35-12-25-20(30)9-16(36-14(2)28)10-24(25,33)7-5-17-21(25)19(37-15(3)29)11-23(4)18(22(31)32)6-8-26(17,23)34/h16-21,30,33-34H,5-12H2,1-4H3,(H,31,32)/t16-,17+,18+,19+,20-,21+,23+,24+,25+,26+/m0/s1. The van der Waals surface area contributed by atoms with Gasteiger partial charge in [-0.1, -0.05) is 6.92 Å². The van der Waals surface area contributed by atoms with Crippen LogP contribution < -0.4 is 0 Å². The monoisotopic (exact) mass is 526 g/mol. The van der Waals surface area contributed by atoms with Gasteiger partial charge in [-0.2, -0.15) is 0 Å². The van der Waals surface area contributed by atoms with Crippen LogP contribution in [0.15, 0.2) is 0 Å². The molecular formula is C26H38O11. The van der Waals surface area contributed by atoms with Crippen LogP contribution in [0.3, 0.4) is 0 Å². The molecular weight excluding hydrogens is 488 g/mol. The lowest BCUT2D eigenvalue weighted by Gasteiger charge is -2.68. The van der Waals surface area contributed by atoms with Crippen molar-refractivity contribution in [3.8, 4) is 0 Å². The van der Waals surface area contributed by atoms with Crippen LogP contribution in [0.25, 0.3) is 0 Å². The first-order valence-corrected chi connectivity index (χ1v) is 12.9. The summed E-state index contributed by atoms with van der Waals surface area (Å²) in [6, 6.07) is 0. The summed E-state index contributed by atoms with van der Waals surface area (Å²) in [6.07, 6.45) is -2.42. The molecule has 4 saturated carbocycles. The highest BCUT2D eigenvalue weighted by Crippen LogP contribution is 2.70. The fraction of sp³-hybridized carbons (Fsp3) is 0.846. The van der Waals surface area contributed by atoms with E-state index in [1.807, 2.05) is 0 Å². The summed E-state index contributed by atoms with van der Waals surface area (Å²) in [5.74, 6) is -5.24. The third-order valence-corrected chi connectivity index (χ3v) is 10.1. The molecule has 11 heteroatoms. The Labute approximate surface area is 215 Å². The van der Waals surface area contributed by atoms with Gasteiger partial charge in [0.15, 0.2) is 0 Å². The van der Waals surface area contributed by atoms with Crippen molar-refractivity contribution in [1.82, 2.24) is 0 Å². The average molecular weight is 527 g/mol. The Kier molecular flexibility index (Phi) is 6.91. The number of esters is 3. The Morgan fingerprint density at radius 3 is 2.14 bits per heavy atom. The van der Waals surface area contributed by atoms with Gasteiger partial charge in [-0.3, -0.25) is 19.2 Å². The van der Waals surface area contributed by atoms with E-state index in [9.17, 15) is 39.6 Å². The van der Waals surface area contributed by atoms with Gasteiger partial charge < -0.3 is 34.6 Å². The fourth-order valence-corrected chi connectivity index (χ4v) is 8.69. The maximum Gasteiger partial charge on any atom is 0.307 e. The van der Waals surface area contributed by atoms with Crippen LogP contribution in [0.1, 0.15) is 72.6 Å². The Bertz CT molecular complexity index is 982. The smallest absolute Gasteiger partial charge is 0.307 e. The molecule has 37 heavy (non-hydrogen) atoms. The second kappa shape index (κ2) is 9.20. The molecule has 4 fully saturated rings. The van der Waals surface area contributed by atoms with Gasteiger partial charge >= 0.3 is 23.9 Å². The molecule has 0 radical (unpaired) electrons. The van der Waals surface area contributed by atoms with Crippen molar-refractivity contribution in [2.24, 2.45) is 28.6 Å². The summed E-state index contributed by atoms with van der Waals surface area (Å²) in [5.41, 5.74) is -5.85. The van der Waals surface area contributed by atoms with Gasteiger partial charge in [-0.15, -0.1) is 0 Å². The van der Waals surface area contributed by atoms with Gasteiger partial charge in [0.05, 0.1) is 28.6 Å². The molecule has 10 atom stereocenters. The molecule has 4 aliphatic carbocycles. The van der Waals surface area contributed by atoms with Crippen molar-refractivity contribution in [3.63, 3.8) is 0 Å². The molecule has 0 aromatic carbocycles. The van der Waals surface area contributed by atoms with Crippen molar-refractivity contribution < 1.29 is 53.8 Å². The fourth-order valence-electron chi connectivity index (χ4n) is 8.69. The molecule has 4 N–H and O–H groups in total. The summed E-state index contributed by atoms with van der Waals surface area (Å²) in [6.45, 7) is 4.97. The summed E-state index contributed by atoms with van der Waals surface area (Å²) < 4.78 is 16.6. The first kappa shape index (κ1) is 27.8. The summed E-state index contributed by atoms with van der Waals surface area (Å²) in [7, 11) is 0. The van der Waals surface area contributed by atoms with Crippen LogP contribution in [0, 0.1) is 28.6 Å². The molecule has 0 heterocycles. The normalized spacial score (nSPS) is 46.6. The number of aliphatic hydroxyl groups excluding tert-OH is 1. The maximum absolute atomic E-state index is 12.3. The Hall–Kier alpha value is -2.24. The molecule has 0 aliphatic heterocycles. The van der Waals surface area contributed by atoms with Crippen molar-refractivity contribution in [1.29, 1.82) is 0 Å². The molecule has 208 valence electrons. The quantitative estimate of drug-likeness (QED) is 0.296. The van der Waals surface area contributed by atoms with Crippen LogP contribution in [-0.4, -0.2) is 80.4 Å². The van der Waals surface area contributed by atoms with Crippen molar-refractivity contribution in [2.75, 3.05) is 6.61 Å². The Morgan fingerprint density at radius 1 is 0.919 bits per heavy atom.